The molecule has 3 heteroatoms. The monoisotopic (exact) mass is 289 g/mol. The molecular weight excluding hydrogens is 270 g/mol. The topological polar surface area (TPSA) is 4.93 Å². The lowest BCUT2D eigenvalue weighted by molar-refractivity contribution is 0.645. The van der Waals surface area contributed by atoms with Crippen LogP contribution >= 0.6 is 24.0 Å². The van der Waals surface area contributed by atoms with E-state index < -0.39 is 0 Å². The summed E-state index contributed by atoms with van der Waals surface area (Å²) in [5.41, 5.74) is 4.10. The Morgan fingerprint density at radius 1 is 1.26 bits per heavy atom. The van der Waals surface area contributed by atoms with Gasteiger partial charge in [-0.25, -0.2) is 0 Å². The first-order chi connectivity index (χ1) is 9.24. The fourth-order valence-corrected chi connectivity index (χ4v) is 4.85. The highest BCUT2D eigenvalue weighted by atomic mass is 32.2. The van der Waals surface area contributed by atoms with Crippen molar-refractivity contribution in [1.29, 1.82) is 0 Å². The van der Waals surface area contributed by atoms with Gasteiger partial charge in [0.25, 0.3) is 0 Å². The molecule has 1 aliphatic heterocycles. The Morgan fingerprint density at radius 2 is 2.05 bits per heavy atom. The van der Waals surface area contributed by atoms with E-state index in [-0.39, 0.29) is 0 Å². The first-order valence-electron chi connectivity index (χ1n) is 7.02. The quantitative estimate of drug-likeness (QED) is 0.561. The van der Waals surface area contributed by atoms with Crippen LogP contribution in [0.5, 0.6) is 0 Å². The van der Waals surface area contributed by atoms with Gasteiger partial charge in [0.15, 0.2) is 0 Å². The molecule has 100 valence electrons. The second kappa shape index (κ2) is 5.29. The lowest BCUT2D eigenvalue weighted by Gasteiger charge is -2.12. The number of thiocarbonyl (C=S) groups is 1. The molecule has 0 saturated heterocycles. The van der Waals surface area contributed by atoms with Crippen molar-refractivity contribution in [3.63, 3.8) is 0 Å². The van der Waals surface area contributed by atoms with Crippen molar-refractivity contribution in [2.45, 2.75) is 37.9 Å². The van der Waals surface area contributed by atoms with Gasteiger partial charge in [-0.2, -0.15) is 0 Å². The molecule has 0 radical (unpaired) electrons. The molecule has 1 unspecified atom stereocenters. The highest BCUT2D eigenvalue weighted by Gasteiger charge is 2.32. The summed E-state index contributed by atoms with van der Waals surface area (Å²) in [7, 11) is 2.18. The fraction of sp³-hybridized carbons (Fsp3) is 0.438. The molecule has 2 heterocycles. The molecule has 1 aliphatic rings. The van der Waals surface area contributed by atoms with Gasteiger partial charge in [-0.05, 0) is 12.5 Å². The summed E-state index contributed by atoms with van der Waals surface area (Å²) < 4.78 is 3.45. The third-order valence-corrected chi connectivity index (χ3v) is 5.63. The minimum Gasteiger partial charge on any atom is -0.346 e. The lowest BCUT2D eigenvalue weighted by atomic mass is 10.1. The highest BCUT2D eigenvalue weighted by Crippen LogP contribution is 2.48. The number of hydrogen-bond acceptors (Lipinski definition) is 2. The van der Waals surface area contributed by atoms with E-state index >= 15 is 0 Å². The first-order valence-corrected chi connectivity index (χ1v) is 8.31. The van der Waals surface area contributed by atoms with Crippen molar-refractivity contribution in [3.8, 4) is 0 Å². The normalized spacial score (nSPS) is 18.2. The maximum Gasteiger partial charge on any atom is 0.0809 e. The number of benzene rings is 1. The van der Waals surface area contributed by atoms with Gasteiger partial charge in [0.2, 0.25) is 0 Å². The van der Waals surface area contributed by atoms with Crippen molar-refractivity contribution in [3.05, 3.63) is 35.5 Å². The molecular formula is C16H19NS2. The number of nitrogens with zero attached hydrogens (tertiary/aromatic N) is 1. The van der Waals surface area contributed by atoms with Crippen molar-refractivity contribution < 1.29 is 0 Å². The van der Waals surface area contributed by atoms with E-state index in [0.29, 0.717) is 5.25 Å². The predicted octanol–water partition coefficient (Wildman–Crippen LogP) is 5.22. The van der Waals surface area contributed by atoms with E-state index in [9.17, 15) is 0 Å². The zero-order valence-electron chi connectivity index (χ0n) is 11.5. The molecule has 0 saturated carbocycles. The van der Waals surface area contributed by atoms with E-state index in [4.69, 9.17) is 12.2 Å². The van der Waals surface area contributed by atoms with E-state index in [1.54, 1.807) is 0 Å². The minimum atomic E-state index is 0.562. The van der Waals surface area contributed by atoms with Gasteiger partial charge in [-0.15, -0.1) is 11.8 Å². The van der Waals surface area contributed by atoms with Gasteiger partial charge in [-0.3, -0.25) is 0 Å². The van der Waals surface area contributed by atoms with E-state index in [1.165, 1.54) is 47.8 Å². The predicted molar refractivity (Wildman–Crippen MR) is 89.1 cm³/mol. The Hall–Kier alpha value is -0.800. The second-order valence-corrected chi connectivity index (χ2v) is 7.11. The molecule has 0 spiro atoms. The van der Waals surface area contributed by atoms with Gasteiger partial charge in [0.1, 0.15) is 0 Å². The van der Waals surface area contributed by atoms with Crippen LogP contribution in [0.1, 0.15) is 49.1 Å². The van der Waals surface area contributed by atoms with Crippen LogP contribution in [0.25, 0.3) is 10.9 Å². The van der Waals surface area contributed by atoms with Crippen LogP contribution in [0.2, 0.25) is 0 Å². The SMILES string of the molecule is CCCCCC1SC(=S)c2c1n(C)c1ccccc21. The van der Waals surface area contributed by atoms with Gasteiger partial charge >= 0.3 is 0 Å². The Bertz CT molecular complexity index is 627. The molecule has 2 aromatic rings. The average molecular weight is 289 g/mol. The van der Waals surface area contributed by atoms with Crippen LogP contribution in [-0.2, 0) is 7.05 Å². The number of para-hydroxylation sites is 1. The molecule has 3 rings (SSSR count). The number of aromatic nitrogens is 1. The number of rotatable bonds is 4. The molecule has 0 N–H and O–H groups in total. The van der Waals surface area contributed by atoms with E-state index in [1.807, 2.05) is 11.8 Å². The molecule has 0 fully saturated rings. The Kier molecular flexibility index (Phi) is 3.68. The maximum absolute atomic E-state index is 5.62. The van der Waals surface area contributed by atoms with Crippen molar-refractivity contribution in [2.24, 2.45) is 7.05 Å². The smallest absolute Gasteiger partial charge is 0.0809 e. The Labute approximate surface area is 124 Å². The number of fused-ring (bicyclic) bond motifs is 3. The number of unbranched alkanes of at least 4 members (excludes halogenated alkanes) is 2. The largest absolute Gasteiger partial charge is 0.346 e. The fourth-order valence-electron chi connectivity index (χ4n) is 3.02. The first kappa shape index (κ1) is 13.2. The maximum atomic E-state index is 5.62. The molecule has 19 heavy (non-hydrogen) atoms. The Morgan fingerprint density at radius 3 is 2.84 bits per heavy atom. The number of aryl methyl sites for hydroxylation is 1. The van der Waals surface area contributed by atoms with E-state index in [2.05, 4.69) is 42.8 Å². The molecule has 0 bridgehead atoms. The standard InChI is InChI=1S/C16H19NS2/c1-3-4-5-10-13-15-14(16(18)19-13)11-8-6-7-9-12(11)17(15)2/h6-9,13H,3-5,10H2,1-2H3. The lowest BCUT2D eigenvalue weighted by Crippen LogP contribution is -1.99. The summed E-state index contributed by atoms with van der Waals surface area (Å²) in [5.74, 6) is 0. The molecule has 1 atom stereocenters. The zero-order chi connectivity index (χ0) is 13.4. The summed E-state index contributed by atoms with van der Waals surface area (Å²) in [6, 6.07) is 8.62. The third-order valence-electron chi connectivity index (χ3n) is 3.98. The molecule has 1 aromatic carbocycles. The molecule has 0 aliphatic carbocycles. The van der Waals surface area contributed by atoms with Crippen LogP contribution in [-0.4, -0.2) is 8.76 Å². The van der Waals surface area contributed by atoms with Crippen LogP contribution in [0, 0.1) is 0 Å². The van der Waals surface area contributed by atoms with Gasteiger partial charge in [0.05, 0.1) is 9.45 Å². The summed E-state index contributed by atoms with van der Waals surface area (Å²) in [6.07, 6.45) is 5.15. The minimum absolute atomic E-state index is 0.562. The van der Waals surface area contributed by atoms with Crippen LogP contribution in [0.4, 0.5) is 0 Å². The van der Waals surface area contributed by atoms with Crippen LogP contribution in [0.15, 0.2) is 24.3 Å². The summed E-state index contributed by atoms with van der Waals surface area (Å²) in [4.78, 5) is 0. The van der Waals surface area contributed by atoms with Crippen LogP contribution in [0.3, 0.4) is 0 Å². The van der Waals surface area contributed by atoms with Crippen molar-refractivity contribution in [1.82, 2.24) is 4.57 Å². The second-order valence-electron chi connectivity index (χ2n) is 5.23. The van der Waals surface area contributed by atoms with Crippen LogP contribution < -0.4 is 0 Å². The summed E-state index contributed by atoms with van der Waals surface area (Å²) in [6.45, 7) is 2.26. The average Bonchev–Trinajstić information content (AvgIpc) is 2.89. The van der Waals surface area contributed by atoms with Gasteiger partial charge in [-0.1, -0.05) is 56.6 Å². The number of thioether (sulfide) groups is 1. The van der Waals surface area contributed by atoms with E-state index in [0.717, 1.165) is 4.20 Å². The van der Waals surface area contributed by atoms with Gasteiger partial charge in [0, 0.05) is 29.2 Å². The number of hydrogen-bond donors (Lipinski definition) is 0. The highest BCUT2D eigenvalue weighted by molar-refractivity contribution is 8.24. The van der Waals surface area contributed by atoms with Crippen molar-refractivity contribution >= 4 is 39.1 Å². The Balaban J connectivity index is 2.03. The molecule has 1 aromatic heterocycles. The summed E-state index contributed by atoms with van der Waals surface area (Å²) in [5, 5.41) is 1.89. The van der Waals surface area contributed by atoms with Crippen molar-refractivity contribution in [2.75, 3.05) is 0 Å². The molecule has 0 amide bonds. The summed E-state index contributed by atoms with van der Waals surface area (Å²) >= 11 is 7.51. The molecule has 1 nitrogen and oxygen atoms in total. The van der Waals surface area contributed by atoms with Gasteiger partial charge < -0.3 is 4.57 Å². The third kappa shape index (κ3) is 2.13. The zero-order valence-corrected chi connectivity index (χ0v) is 13.1.